The normalized spacial score (nSPS) is 12.5. The Labute approximate surface area is 115 Å². The van der Waals surface area contributed by atoms with Crippen LogP contribution in [0.4, 0.5) is 5.69 Å². The molecule has 0 saturated heterocycles. The second kappa shape index (κ2) is 5.23. The molecule has 0 fully saturated rings. The number of hydrogen-bond donors (Lipinski definition) is 1. The molecule has 1 heterocycles. The summed E-state index contributed by atoms with van der Waals surface area (Å²) in [7, 11) is 0. The lowest BCUT2D eigenvalue weighted by Gasteiger charge is -2.16. The highest BCUT2D eigenvalue weighted by atomic mass is 79.9. The summed E-state index contributed by atoms with van der Waals surface area (Å²) in [5.74, 6) is 0. The van der Waals surface area contributed by atoms with Crippen molar-refractivity contribution in [2.75, 3.05) is 5.32 Å². The molecule has 0 saturated carbocycles. The molecule has 1 nitrogen and oxygen atoms in total. The second-order valence-electron chi connectivity index (χ2n) is 4.32. The van der Waals surface area contributed by atoms with Crippen molar-refractivity contribution < 1.29 is 0 Å². The minimum atomic E-state index is 0.342. The number of rotatable bonds is 3. The van der Waals surface area contributed by atoms with Gasteiger partial charge in [0.05, 0.1) is 6.04 Å². The molecule has 3 heteroatoms. The molecule has 1 aromatic carbocycles. The molecule has 1 atom stereocenters. The quantitative estimate of drug-likeness (QED) is 0.811. The summed E-state index contributed by atoms with van der Waals surface area (Å²) in [6, 6.07) is 8.90. The zero-order valence-electron chi connectivity index (χ0n) is 10.3. The van der Waals surface area contributed by atoms with Crippen LogP contribution in [0.1, 0.15) is 29.0 Å². The predicted molar refractivity (Wildman–Crippen MR) is 80.0 cm³/mol. The number of anilines is 1. The van der Waals surface area contributed by atoms with Crippen molar-refractivity contribution in [3.8, 4) is 0 Å². The Kier molecular flexibility index (Phi) is 3.89. The van der Waals surface area contributed by atoms with Crippen LogP contribution in [0, 0.1) is 13.8 Å². The molecule has 0 aliphatic carbocycles. The topological polar surface area (TPSA) is 12.0 Å². The third-order valence-electron chi connectivity index (χ3n) is 2.79. The fraction of sp³-hybridized carbons (Fsp3) is 0.286. The molecule has 0 aliphatic heterocycles. The van der Waals surface area contributed by atoms with Crippen molar-refractivity contribution >= 4 is 33.0 Å². The molecule has 2 rings (SSSR count). The monoisotopic (exact) mass is 309 g/mol. The van der Waals surface area contributed by atoms with E-state index in [1.54, 1.807) is 0 Å². The lowest BCUT2D eigenvalue weighted by Crippen LogP contribution is -2.06. The summed E-state index contributed by atoms with van der Waals surface area (Å²) in [6.07, 6.45) is 0. The summed E-state index contributed by atoms with van der Waals surface area (Å²) in [5, 5.41) is 5.69. The van der Waals surface area contributed by atoms with Gasteiger partial charge < -0.3 is 5.32 Å². The molecule has 17 heavy (non-hydrogen) atoms. The Morgan fingerprint density at radius 1 is 1.24 bits per heavy atom. The highest BCUT2D eigenvalue weighted by molar-refractivity contribution is 9.10. The van der Waals surface area contributed by atoms with Gasteiger partial charge in [0.25, 0.3) is 0 Å². The van der Waals surface area contributed by atoms with E-state index in [1.807, 2.05) is 11.3 Å². The SMILES string of the molecule is Cc1ccc(NC(C)c2sccc2C)c(Br)c1. The molecule has 0 bridgehead atoms. The van der Waals surface area contributed by atoms with E-state index in [2.05, 4.69) is 71.7 Å². The van der Waals surface area contributed by atoms with Gasteiger partial charge in [-0.3, -0.25) is 0 Å². The smallest absolute Gasteiger partial charge is 0.0581 e. The Hall–Kier alpha value is -0.800. The van der Waals surface area contributed by atoms with Crippen LogP contribution in [0.15, 0.2) is 34.1 Å². The van der Waals surface area contributed by atoms with Gasteiger partial charge >= 0.3 is 0 Å². The van der Waals surface area contributed by atoms with Crippen LogP contribution in [0.5, 0.6) is 0 Å². The van der Waals surface area contributed by atoms with Crippen molar-refractivity contribution in [3.05, 3.63) is 50.1 Å². The first-order valence-electron chi connectivity index (χ1n) is 5.64. The number of benzene rings is 1. The first-order valence-corrected chi connectivity index (χ1v) is 7.32. The minimum Gasteiger partial charge on any atom is -0.377 e. The van der Waals surface area contributed by atoms with E-state index in [9.17, 15) is 0 Å². The van der Waals surface area contributed by atoms with Crippen LogP contribution >= 0.6 is 27.3 Å². The number of nitrogens with one attached hydrogen (secondary N) is 1. The summed E-state index contributed by atoms with van der Waals surface area (Å²) >= 11 is 5.41. The van der Waals surface area contributed by atoms with Gasteiger partial charge in [0.15, 0.2) is 0 Å². The first-order chi connectivity index (χ1) is 8.08. The van der Waals surface area contributed by atoms with Crippen molar-refractivity contribution in [1.82, 2.24) is 0 Å². The average Bonchev–Trinajstić information content (AvgIpc) is 2.68. The fourth-order valence-electron chi connectivity index (χ4n) is 1.86. The largest absolute Gasteiger partial charge is 0.377 e. The maximum absolute atomic E-state index is 3.60. The van der Waals surface area contributed by atoms with Gasteiger partial charge in [0.2, 0.25) is 0 Å². The molecule has 1 unspecified atom stereocenters. The third kappa shape index (κ3) is 2.90. The third-order valence-corrected chi connectivity index (χ3v) is 4.65. The van der Waals surface area contributed by atoms with Gasteiger partial charge in [-0.2, -0.15) is 0 Å². The second-order valence-corrected chi connectivity index (χ2v) is 6.12. The van der Waals surface area contributed by atoms with Crippen LogP contribution in [-0.4, -0.2) is 0 Å². The van der Waals surface area contributed by atoms with Crippen molar-refractivity contribution in [2.45, 2.75) is 26.8 Å². The summed E-state index contributed by atoms with van der Waals surface area (Å²) in [6.45, 7) is 6.46. The maximum atomic E-state index is 3.60. The van der Waals surface area contributed by atoms with E-state index >= 15 is 0 Å². The lowest BCUT2D eigenvalue weighted by molar-refractivity contribution is 0.897. The van der Waals surface area contributed by atoms with Gasteiger partial charge in [-0.15, -0.1) is 11.3 Å². The van der Waals surface area contributed by atoms with E-state index in [0.29, 0.717) is 6.04 Å². The highest BCUT2D eigenvalue weighted by Gasteiger charge is 2.10. The minimum absolute atomic E-state index is 0.342. The Balaban J connectivity index is 2.19. The van der Waals surface area contributed by atoms with Crippen LogP contribution in [-0.2, 0) is 0 Å². The molecular weight excluding hydrogens is 294 g/mol. The Morgan fingerprint density at radius 2 is 2.00 bits per heavy atom. The van der Waals surface area contributed by atoms with Crippen molar-refractivity contribution in [1.29, 1.82) is 0 Å². The van der Waals surface area contributed by atoms with Crippen molar-refractivity contribution in [3.63, 3.8) is 0 Å². The van der Waals surface area contributed by atoms with Gasteiger partial charge in [-0.05, 0) is 71.4 Å². The van der Waals surface area contributed by atoms with Crippen LogP contribution in [0.25, 0.3) is 0 Å². The summed E-state index contributed by atoms with van der Waals surface area (Å²) in [4.78, 5) is 1.40. The number of halogens is 1. The number of hydrogen-bond acceptors (Lipinski definition) is 2. The molecule has 1 N–H and O–H groups in total. The molecular formula is C14H16BrNS. The van der Waals surface area contributed by atoms with Crippen LogP contribution < -0.4 is 5.32 Å². The molecule has 90 valence electrons. The maximum Gasteiger partial charge on any atom is 0.0581 e. The van der Waals surface area contributed by atoms with E-state index in [0.717, 1.165) is 10.2 Å². The van der Waals surface area contributed by atoms with E-state index in [-0.39, 0.29) is 0 Å². The Bertz CT molecular complexity index is 519. The van der Waals surface area contributed by atoms with E-state index in [4.69, 9.17) is 0 Å². The van der Waals surface area contributed by atoms with Crippen LogP contribution in [0.3, 0.4) is 0 Å². The molecule has 0 amide bonds. The fourth-order valence-corrected chi connectivity index (χ4v) is 3.41. The molecule has 0 radical (unpaired) electrons. The van der Waals surface area contributed by atoms with Gasteiger partial charge in [0.1, 0.15) is 0 Å². The van der Waals surface area contributed by atoms with E-state index < -0.39 is 0 Å². The zero-order valence-corrected chi connectivity index (χ0v) is 12.7. The Morgan fingerprint density at radius 3 is 2.59 bits per heavy atom. The van der Waals surface area contributed by atoms with Crippen molar-refractivity contribution in [2.24, 2.45) is 0 Å². The lowest BCUT2D eigenvalue weighted by atomic mass is 10.1. The van der Waals surface area contributed by atoms with Gasteiger partial charge in [0, 0.05) is 15.0 Å². The molecule has 0 aliphatic rings. The van der Waals surface area contributed by atoms with Gasteiger partial charge in [-0.1, -0.05) is 6.07 Å². The summed E-state index contributed by atoms with van der Waals surface area (Å²) in [5.41, 5.74) is 3.77. The number of thiophene rings is 1. The number of aryl methyl sites for hydroxylation is 2. The highest BCUT2D eigenvalue weighted by Crippen LogP contribution is 2.30. The summed E-state index contributed by atoms with van der Waals surface area (Å²) < 4.78 is 1.12. The van der Waals surface area contributed by atoms with E-state index in [1.165, 1.54) is 16.0 Å². The molecule has 2 aromatic rings. The standard InChI is InChI=1S/C14H16BrNS/c1-9-4-5-13(12(15)8-9)16-11(3)14-10(2)6-7-17-14/h4-8,11,16H,1-3H3. The molecule has 1 aromatic heterocycles. The molecule has 0 spiro atoms. The predicted octanol–water partition coefficient (Wildman–Crippen LogP) is 5.30. The average molecular weight is 310 g/mol. The van der Waals surface area contributed by atoms with Gasteiger partial charge in [-0.25, -0.2) is 0 Å². The zero-order chi connectivity index (χ0) is 12.4. The first kappa shape index (κ1) is 12.7. The van der Waals surface area contributed by atoms with Crippen LogP contribution in [0.2, 0.25) is 0 Å².